The highest BCUT2D eigenvalue weighted by Crippen LogP contribution is 2.32. The topological polar surface area (TPSA) is 62.1 Å². The monoisotopic (exact) mass is 361 g/mol. The van der Waals surface area contributed by atoms with Crippen LogP contribution >= 0.6 is 0 Å². The number of likely N-dealkylation sites (N-methyl/N-ethyl adjacent to an activating group) is 1. The molecule has 0 aliphatic heterocycles. The van der Waals surface area contributed by atoms with Gasteiger partial charge in [0, 0.05) is 17.4 Å². The van der Waals surface area contributed by atoms with Crippen LogP contribution in [0.25, 0.3) is 22.2 Å². The molecule has 140 valence electrons. The van der Waals surface area contributed by atoms with Gasteiger partial charge in [-0.05, 0) is 57.6 Å². The molecule has 3 N–H and O–H groups in total. The van der Waals surface area contributed by atoms with E-state index in [1.165, 1.54) is 5.56 Å². The molecule has 0 aliphatic carbocycles. The number of carbonyl (C=O) groups excluding carboxylic acids is 1. The van der Waals surface area contributed by atoms with Crippen LogP contribution in [-0.2, 0) is 11.2 Å². The van der Waals surface area contributed by atoms with Gasteiger partial charge in [0.05, 0.1) is 17.0 Å². The van der Waals surface area contributed by atoms with Crippen LogP contribution < -0.4 is 5.73 Å². The lowest BCUT2D eigenvalue weighted by molar-refractivity contribution is -0.111. The molecule has 4 heteroatoms. The third-order valence-corrected chi connectivity index (χ3v) is 4.83. The highest BCUT2D eigenvalue weighted by atomic mass is 16.1. The first kappa shape index (κ1) is 18.9. The van der Waals surface area contributed by atoms with Gasteiger partial charge < -0.3 is 15.6 Å². The van der Waals surface area contributed by atoms with Gasteiger partial charge in [0.1, 0.15) is 0 Å². The van der Waals surface area contributed by atoms with Gasteiger partial charge in [-0.3, -0.25) is 4.79 Å². The number of hydrogen-bond acceptors (Lipinski definition) is 3. The number of fused-ring (bicyclic) bond motifs is 1. The first-order valence-electron chi connectivity index (χ1n) is 9.21. The second kappa shape index (κ2) is 7.80. The number of nitrogens with zero attached hydrogens (tertiary/aromatic N) is 1. The molecular weight excluding hydrogens is 334 g/mol. The maximum Gasteiger partial charge on any atom is 0.164 e. The molecule has 0 unspecified atom stereocenters. The molecule has 0 saturated carbocycles. The fraction of sp³-hybridized carbons (Fsp3) is 0.261. The normalized spacial score (nSPS) is 12.5. The van der Waals surface area contributed by atoms with Crippen LogP contribution in [0.5, 0.6) is 0 Å². The summed E-state index contributed by atoms with van der Waals surface area (Å²) in [4.78, 5) is 18.2. The molecule has 0 spiro atoms. The summed E-state index contributed by atoms with van der Waals surface area (Å²) in [5, 5.41) is 1.16. The lowest BCUT2D eigenvalue weighted by Crippen LogP contribution is -2.16. The number of aromatic nitrogens is 1. The van der Waals surface area contributed by atoms with Crippen LogP contribution in [0.3, 0.4) is 0 Å². The predicted molar refractivity (Wildman–Crippen MR) is 113 cm³/mol. The van der Waals surface area contributed by atoms with E-state index >= 15 is 0 Å². The number of allylic oxidation sites excluding steroid dienone is 1. The number of nitrogens with one attached hydrogen (secondary N) is 1. The summed E-state index contributed by atoms with van der Waals surface area (Å²) in [5.74, 6) is -0.0364. The van der Waals surface area contributed by atoms with Crippen molar-refractivity contribution < 1.29 is 4.79 Å². The maximum absolute atomic E-state index is 12.6. The molecule has 0 bridgehead atoms. The van der Waals surface area contributed by atoms with Crippen molar-refractivity contribution in [2.75, 3.05) is 20.6 Å². The van der Waals surface area contributed by atoms with E-state index in [1.807, 2.05) is 30.3 Å². The summed E-state index contributed by atoms with van der Waals surface area (Å²) in [6.07, 6.45) is 0.838. The SMILES string of the molecule is CC(=O)/C(=C(/N)c1ccccc1)c1[nH]c2ccc(C)cc2c1CCN(C)C. The molecule has 4 nitrogen and oxygen atoms in total. The molecule has 2 aromatic carbocycles. The second-order valence-corrected chi connectivity index (χ2v) is 7.29. The van der Waals surface area contributed by atoms with Gasteiger partial charge in [-0.15, -0.1) is 0 Å². The van der Waals surface area contributed by atoms with E-state index in [1.54, 1.807) is 6.92 Å². The Kier molecular flexibility index (Phi) is 5.47. The Hall–Kier alpha value is -2.85. The third kappa shape index (κ3) is 3.96. The average Bonchev–Trinajstić information content (AvgIpc) is 2.97. The lowest BCUT2D eigenvalue weighted by Gasteiger charge is -2.13. The molecule has 27 heavy (non-hydrogen) atoms. The van der Waals surface area contributed by atoms with Crippen molar-refractivity contribution in [2.24, 2.45) is 5.73 Å². The van der Waals surface area contributed by atoms with Crippen molar-refractivity contribution in [3.05, 3.63) is 70.9 Å². The first-order valence-corrected chi connectivity index (χ1v) is 9.21. The van der Waals surface area contributed by atoms with Crippen LogP contribution in [0.4, 0.5) is 0 Å². The van der Waals surface area contributed by atoms with Gasteiger partial charge in [-0.2, -0.15) is 0 Å². The number of aromatic amines is 1. The smallest absolute Gasteiger partial charge is 0.164 e. The summed E-state index contributed by atoms with van der Waals surface area (Å²) in [6, 6.07) is 16.0. The molecule has 0 atom stereocenters. The van der Waals surface area contributed by atoms with Crippen molar-refractivity contribution in [1.29, 1.82) is 0 Å². The maximum atomic E-state index is 12.6. The summed E-state index contributed by atoms with van der Waals surface area (Å²) in [7, 11) is 4.11. The standard InChI is InChI=1S/C23H27N3O/c1-15-10-11-20-19(14-15)18(12-13-26(3)4)23(25-20)21(16(2)27)22(24)17-8-6-5-7-9-17/h5-11,14,25H,12-13,24H2,1-4H3/b22-21-. The molecule has 1 aromatic heterocycles. The number of carbonyl (C=O) groups is 1. The second-order valence-electron chi connectivity index (χ2n) is 7.29. The zero-order chi connectivity index (χ0) is 19.6. The Balaban J connectivity index is 2.26. The molecule has 0 aliphatic rings. The Morgan fingerprint density at radius 2 is 1.81 bits per heavy atom. The highest BCUT2D eigenvalue weighted by Gasteiger charge is 2.21. The largest absolute Gasteiger partial charge is 0.398 e. The molecule has 0 amide bonds. The van der Waals surface area contributed by atoms with E-state index in [2.05, 4.69) is 49.1 Å². The van der Waals surface area contributed by atoms with E-state index in [-0.39, 0.29) is 5.78 Å². The van der Waals surface area contributed by atoms with Crippen molar-refractivity contribution in [3.8, 4) is 0 Å². The van der Waals surface area contributed by atoms with Crippen LogP contribution in [-0.4, -0.2) is 36.3 Å². The van der Waals surface area contributed by atoms with Gasteiger partial charge in [-0.1, -0.05) is 42.0 Å². The average molecular weight is 361 g/mol. The Bertz CT molecular complexity index is 997. The number of aryl methyl sites for hydroxylation is 1. The van der Waals surface area contributed by atoms with E-state index in [9.17, 15) is 4.79 Å². The quantitative estimate of drug-likeness (QED) is 0.653. The van der Waals surface area contributed by atoms with Crippen molar-refractivity contribution in [3.63, 3.8) is 0 Å². The minimum atomic E-state index is -0.0364. The highest BCUT2D eigenvalue weighted by molar-refractivity contribution is 6.27. The van der Waals surface area contributed by atoms with Crippen LogP contribution in [0.1, 0.15) is 29.3 Å². The van der Waals surface area contributed by atoms with E-state index in [0.717, 1.165) is 40.7 Å². The fourth-order valence-electron chi connectivity index (χ4n) is 3.43. The number of rotatable bonds is 6. The molecule has 3 aromatic rings. The number of ketones is 1. The van der Waals surface area contributed by atoms with Gasteiger partial charge in [0.2, 0.25) is 0 Å². The zero-order valence-electron chi connectivity index (χ0n) is 16.5. The summed E-state index contributed by atoms with van der Waals surface area (Å²) in [6.45, 7) is 4.56. The fourth-order valence-corrected chi connectivity index (χ4v) is 3.43. The number of nitrogens with two attached hydrogens (primary N) is 1. The molecule has 0 radical (unpaired) electrons. The Morgan fingerprint density at radius 3 is 2.44 bits per heavy atom. The third-order valence-electron chi connectivity index (χ3n) is 4.83. The summed E-state index contributed by atoms with van der Waals surface area (Å²) < 4.78 is 0. The predicted octanol–water partition coefficient (Wildman–Crippen LogP) is 4.00. The minimum Gasteiger partial charge on any atom is -0.398 e. The Morgan fingerprint density at radius 1 is 1.11 bits per heavy atom. The van der Waals surface area contributed by atoms with E-state index in [4.69, 9.17) is 5.73 Å². The van der Waals surface area contributed by atoms with Crippen LogP contribution in [0, 0.1) is 6.92 Å². The molecule has 0 fully saturated rings. The number of benzene rings is 2. The molecule has 1 heterocycles. The number of H-pyrrole nitrogens is 1. The zero-order valence-corrected chi connectivity index (χ0v) is 16.5. The number of Topliss-reactive ketones (excluding diaryl/α,β-unsaturated/α-hetero) is 1. The van der Waals surface area contributed by atoms with Gasteiger partial charge >= 0.3 is 0 Å². The first-order chi connectivity index (χ1) is 12.9. The van der Waals surface area contributed by atoms with E-state index < -0.39 is 0 Å². The lowest BCUT2D eigenvalue weighted by atomic mass is 9.96. The minimum absolute atomic E-state index is 0.0364. The van der Waals surface area contributed by atoms with Crippen LogP contribution in [0.15, 0.2) is 48.5 Å². The molecule has 3 rings (SSSR count). The van der Waals surface area contributed by atoms with Gasteiger partial charge in [0.25, 0.3) is 0 Å². The Labute approximate surface area is 160 Å². The van der Waals surface area contributed by atoms with Crippen molar-refractivity contribution in [1.82, 2.24) is 9.88 Å². The van der Waals surface area contributed by atoms with Gasteiger partial charge in [-0.25, -0.2) is 0 Å². The van der Waals surface area contributed by atoms with E-state index in [0.29, 0.717) is 11.3 Å². The summed E-state index contributed by atoms with van der Waals surface area (Å²) in [5.41, 5.74) is 12.6. The molecular formula is C23H27N3O. The summed E-state index contributed by atoms with van der Waals surface area (Å²) >= 11 is 0. The van der Waals surface area contributed by atoms with Gasteiger partial charge in [0.15, 0.2) is 5.78 Å². The molecule has 0 saturated heterocycles. The van der Waals surface area contributed by atoms with Crippen LogP contribution in [0.2, 0.25) is 0 Å². The van der Waals surface area contributed by atoms with Crippen molar-refractivity contribution >= 4 is 28.0 Å². The van der Waals surface area contributed by atoms with Crippen molar-refractivity contribution in [2.45, 2.75) is 20.3 Å². The number of hydrogen-bond donors (Lipinski definition) is 2.